The van der Waals surface area contributed by atoms with Crippen molar-refractivity contribution in [3.63, 3.8) is 0 Å². The smallest absolute Gasteiger partial charge is 0.410 e. The minimum absolute atomic E-state index is 0.00210. The Morgan fingerprint density at radius 1 is 0.971 bits per heavy atom. The molecule has 0 saturated carbocycles. The van der Waals surface area contributed by atoms with Crippen molar-refractivity contribution in [3.05, 3.63) is 83.6 Å². The Morgan fingerprint density at radius 2 is 1.60 bits per heavy atom. The molecule has 1 amide bonds. The molecule has 0 spiro atoms. The fourth-order valence-corrected chi connectivity index (χ4v) is 5.05. The second kappa shape index (κ2) is 8.75. The van der Waals surface area contributed by atoms with Gasteiger partial charge in [-0.25, -0.2) is 4.68 Å². The van der Waals surface area contributed by atoms with E-state index < -0.39 is 42.0 Å². The lowest BCUT2D eigenvalue weighted by molar-refractivity contribution is -0.173. The van der Waals surface area contributed by atoms with Crippen molar-refractivity contribution in [3.8, 4) is 0 Å². The van der Waals surface area contributed by atoms with Crippen LogP contribution in [0.3, 0.4) is 0 Å². The van der Waals surface area contributed by atoms with Crippen LogP contribution >= 0.6 is 0 Å². The van der Waals surface area contributed by atoms with Crippen molar-refractivity contribution >= 4 is 17.7 Å². The minimum Gasteiger partial charge on any atom is -0.481 e. The molecule has 2 aliphatic heterocycles. The van der Waals surface area contributed by atoms with Crippen molar-refractivity contribution in [1.29, 1.82) is 0 Å². The highest BCUT2D eigenvalue weighted by molar-refractivity contribution is 5.99. The molecule has 3 aromatic rings. The van der Waals surface area contributed by atoms with Crippen molar-refractivity contribution < 1.29 is 27.9 Å². The summed E-state index contributed by atoms with van der Waals surface area (Å²) in [7, 11) is 0. The number of aliphatic carboxylic acids is 1. The fourth-order valence-electron chi connectivity index (χ4n) is 5.05. The number of aromatic nitrogens is 2. The van der Waals surface area contributed by atoms with Crippen LogP contribution in [0.2, 0.25) is 0 Å². The number of halogens is 3. The predicted octanol–water partition coefficient (Wildman–Crippen LogP) is 4.48. The number of nitrogens with zero attached hydrogens (tertiary/aromatic N) is 3. The predicted molar refractivity (Wildman–Crippen MR) is 121 cm³/mol. The Balaban J connectivity index is 1.47. The number of hydrogen-bond acceptors (Lipinski definition) is 4. The number of anilines is 1. The zero-order valence-electron chi connectivity index (χ0n) is 18.5. The molecule has 7 nitrogen and oxygen atoms in total. The molecule has 35 heavy (non-hydrogen) atoms. The number of carbonyl (C=O) groups excluding carboxylic acids is 1. The standard InChI is InChI=1S/C25H23F3N4O3/c26-25(27,28)21-11-20(16-9-5-2-6-10-16)30-22-17(12-29-32(21)22)23(33)31-13-18(19(14-31)24(34)35)15-7-3-1-4-8-15/h1-10,12,18-21,30H,11,13-14H2,(H,34,35)/t18?,19?,20-,21+/m1/s1. The zero-order valence-corrected chi connectivity index (χ0v) is 18.5. The number of carboxylic acids is 1. The monoisotopic (exact) mass is 484 g/mol. The number of nitrogens with one attached hydrogen (secondary N) is 1. The molecule has 2 N–H and O–H groups in total. The van der Waals surface area contributed by atoms with Gasteiger partial charge in [0.1, 0.15) is 11.4 Å². The summed E-state index contributed by atoms with van der Waals surface area (Å²) < 4.78 is 42.7. The summed E-state index contributed by atoms with van der Waals surface area (Å²) in [5.74, 6) is -2.81. The number of alkyl halides is 3. The van der Waals surface area contributed by atoms with Crippen LogP contribution < -0.4 is 5.32 Å². The first-order valence-corrected chi connectivity index (χ1v) is 11.3. The van der Waals surface area contributed by atoms with Crippen LogP contribution in [0.5, 0.6) is 0 Å². The second-order valence-corrected chi connectivity index (χ2v) is 8.92. The van der Waals surface area contributed by atoms with Crippen molar-refractivity contribution in [2.75, 3.05) is 18.4 Å². The van der Waals surface area contributed by atoms with Gasteiger partial charge in [0.15, 0.2) is 6.04 Å². The van der Waals surface area contributed by atoms with Crippen LogP contribution in [0.15, 0.2) is 66.9 Å². The van der Waals surface area contributed by atoms with Gasteiger partial charge >= 0.3 is 12.1 Å². The average molecular weight is 484 g/mol. The van der Waals surface area contributed by atoms with Gasteiger partial charge in [-0.3, -0.25) is 9.59 Å². The van der Waals surface area contributed by atoms with Crippen LogP contribution in [0.1, 0.15) is 45.9 Å². The van der Waals surface area contributed by atoms with Gasteiger partial charge in [0.05, 0.1) is 18.2 Å². The molecule has 4 atom stereocenters. The van der Waals surface area contributed by atoms with Gasteiger partial charge in [-0.1, -0.05) is 60.7 Å². The molecule has 1 saturated heterocycles. The van der Waals surface area contributed by atoms with Gasteiger partial charge in [-0.2, -0.15) is 18.3 Å². The number of carbonyl (C=O) groups is 2. The third-order valence-corrected chi connectivity index (χ3v) is 6.82. The largest absolute Gasteiger partial charge is 0.481 e. The Kier molecular flexibility index (Phi) is 5.74. The molecule has 1 aromatic heterocycles. The third kappa shape index (κ3) is 4.24. The number of fused-ring (bicyclic) bond motifs is 1. The van der Waals surface area contributed by atoms with E-state index in [1.807, 2.05) is 18.2 Å². The number of carboxylic acid groups (broad SMARTS) is 1. The van der Waals surface area contributed by atoms with Gasteiger partial charge < -0.3 is 15.3 Å². The Bertz CT molecular complexity index is 1230. The number of benzene rings is 2. The lowest BCUT2D eigenvalue weighted by Gasteiger charge is -2.34. The second-order valence-electron chi connectivity index (χ2n) is 8.92. The molecular weight excluding hydrogens is 461 g/mol. The summed E-state index contributed by atoms with van der Waals surface area (Å²) >= 11 is 0. The lowest BCUT2D eigenvalue weighted by atomic mass is 9.89. The van der Waals surface area contributed by atoms with E-state index in [4.69, 9.17) is 0 Å². The van der Waals surface area contributed by atoms with E-state index in [1.165, 1.54) is 4.90 Å². The number of hydrogen-bond donors (Lipinski definition) is 2. The highest BCUT2D eigenvalue weighted by Crippen LogP contribution is 2.45. The van der Waals surface area contributed by atoms with E-state index >= 15 is 0 Å². The summed E-state index contributed by atoms with van der Waals surface area (Å²) in [5.41, 5.74) is 1.47. The van der Waals surface area contributed by atoms with Crippen LogP contribution in [0.4, 0.5) is 19.0 Å². The molecule has 182 valence electrons. The summed E-state index contributed by atoms with van der Waals surface area (Å²) in [6.45, 7) is 0.110. The quantitative estimate of drug-likeness (QED) is 0.570. The maximum Gasteiger partial charge on any atom is 0.410 e. The SMILES string of the molecule is O=C(O)C1CN(C(=O)c2cnn3c2N[C@@H](c2ccccc2)C[C@H]3C(F)(F)F)CC1c1ccccc1. The van der Waals surface area contributed by atoms with E-state index in [1.54, 1.807) is 42.5 Å². The molecule has 2 aromatic carbocycles. The number of rotatable bonds is 4. The van der Waals surface area contributed by atoms with Crippen LogP contribution in [-0.4, -0.2) is 50.9 Å². The van der Waals surface area contributed by atoms with Gasteiger partial charge in [0, 0.05) is 25.4 Å². The zero-order chi connectivity index (χ0) is 24.7. The van der Waals surface area contributed by atoms with E-state index in [2.05, 4.69) is 10.4 Å². The van der Waals surface area contributed by atoms with E-state index in [0.717, 1.165) is 16.4 Å². The van der Waals surface area contributed by atoms with Crippen LogP contribution in [0.25, 0.3) is 0 Å². The average Bonchev–Trinajstić information content (AvgIpc) is 3.49. The molecular formula is C25H23F3N4O3. The molecule has 5 rings (SSSR count). The highest BCUT2D eigenvalue weighted by atomic mass is 19.4. The summed E-state index contributed by atoms with van der Waals surface area (Å²) in [6, 6.07) is 15.2. The Hall–Kier alpha value is -3.82. The molecule has 2 aliphatic rings. The van der Waals surface area contributed by atoms with Gasteiger partial charge in [-0.05, 0) is 11.1 Å². The van der Waals surface area contributed by atoms with Crippen LogP contribution in [-0.2, 0) is 4.79 Å². The maximum absolute atomic E-state index is 14.0. The molecule has 0 radical (unpaired) electrons. The summed E-state index contributed by atoms with van der Waals surface area (Å²) in [4.78, 5) is 26.8. The molecule has 2 unspecified atom stereocenters. The summed E-state index contributed by atoms with van der Waals surface area (Å²) in [5, 5.41) is 16.8. The van der Waals surface area contributed by atoms with Crippen molar-refractivity contribution in [2.24, 2.45) is 5.92 Å². The first-order chi connectivity index (χ1) is 16.7. The Labute approximate surface area is 199 Å². The first kappa shape index (κ1) is 22.9. The maximum atomic E-state index is 14.0. The van der Waals surface area contributed by atoms with Gasteiger partial charge in [0.2, 0.25) is 0 Å². The normalized spacial score (nSPS) is 24.0. The lowest BCUT2D eigenvalue weighted by Crippen LogP contribution is -2.37. The first-order valence-electron chi connectivity index (χ1n) is 11.3. The number of amides is 1. The molecule has 10 heteroatoms. The molecule has 0 aliphatic carbocycles. The Morgan fingerprint density at radius 3 is 2.20 bits per heavy atom. The van der Waals surface area contributed by atoms with E-state index in [9.17, 15) is 27.9 Å². The van der Waals surface area contributed by atoms with E-state index in [-0.39, 0.29) is 30.9 Å². The van der Waals surface area contributed by atoms with Crippen molar-refractivity contribution in [1.82, 2.24) is 14.7 Å². The number of likely N-dealkylation sites (tertiary alicyclic amines) is 1. The molecule has 0 bridgehead atoms. The topological polar surface area (TPSA) is 87.5 Å². The third-order valence-electron chi connectivity index (χ3n) is 6.82. The van der Waals surface area contributed by atoms with Gasteiger partial charge in [0.25, 0.3) is 5.91 Å². The van der Waals surface area contributed by atoms with Crippen LogP contribution in [0, 0.1) is 5.92 Å². The fraction of sp³-hybridized carbons (Fsp3) is 0.320. The minimum atomic E-state index is -4.56. The molecule has 3 heterocycles. The molecule has 1 fully saturated rings. The van der Waals surface area contributed by atoms with Crippen molar-refractivity contribution in [2.45, 2.75) is 30.6 Å². The van der Waals surface area contributed by atoms with E-state index in [0.29, 0.717) is 5.56 Å². The highest BCUT2D eigenvalue weighted by Gasteiger charge is 2.48. The summed E-state index contributed by atoms with van der Waals surface area (Å²) in [6.07, 6.45) is -3.68. The van der Waals surface area contributed by atoms with Gasteiger partial charge in [-0.15, -0.1) is 0 Å².